The van der Waals surface area contributed by atoms with E-state index in [0.29, 0.717) is 13.2 Å². The van der Waals surface area contributed by atoms with Gasteiger partial charge in [-0.3, -0.25) is 0 Å². The van der Waals surface area contributed by atoms with E-state index >= 15 is 0 Å². The van der Waals surface area contributed by atoms with Crippen LogP contribution < -0.4 is 15.3 Å². The smallest absolute Gasteiger partial charge is 0.261 e. The van der Waals surface area contributed by atoms with Crippen molar-refractivity contribution in [1.29, 1.82) is 0 Å². The molecule has 0 saturated heterocycles. The Balaban J connectivity index is 1.62. The standard InChI is InChI=1S/C30H36BrNO2Si/c1-23(19-32-21-30(5,22-33)27-17-16-24(31)18-28(27)32)20-34-35(29(2,3)4,25-12-8-6-9-13-25)26-14-10-7-11-15-26/h6-18,22-23H,19-21H2,1-5H3. The van der Waals surface area contributed by atoms with E-state index in [-0.39, 0.29) is 11.0 Å². The van der Waals surface area contributed by atoms with Crippen LogP contribution in [0.2, 0.25) is 5.04 Å². The van der Waals surface area contributed by atoms with E-state index < -0.39 is 13.7 Å². The summed E-state index contributed by atoms with van der Waals surface area (Å²) < 4.78 is 8.20. The largest absolute Gasteiger partial charge is 0.407 e. The number of benzene rings is 3. The second-order valence-corrected chi connectivity index (χ2v) is 16.4. The van der Waals surface area contributed by atoms with Crippen LogP contribution in [0.5, 0.6) is 0 Å². The normalized spacial score (nSPS) is 18.9. The number of rotatable bonds is 8. The van der Waals surface area contributed by atoms with Crippen LogP contribution in [0, 0.1) is 5.92 Å². The Bertz CT molecular complexity index is 1120. The van der Waals surface area contributed by atoms with E-state index in [4.69, 9.17) is 4.43 Å². The van der Waals surface area contributed by atoms with Gasteiger partial charge in [0.1, 0.15) is 6.29 Å². The van der Waals surface area contributed by atoms with Gasteiger partial charge in [-0.1, -0.05) is 110 Å². The molecule has 1 aliphatic heterocycles. The molecular weight excluding hydrogens is 514 g/mol. The quantitative estimate of drug-likeness (QED) is 0.257. The molecule has 2 atom stereocenters. The second kappa shape index (κ2) is 10.0. The van der Waals surface area contributed by atoms with Crippen LogP contribution in [-0.4, -0.2) is 34.3 Å². The van der Waals surface area contributed by atoms with E-state index in [0.717, 1.165) is 28.6 Å². The molecule has 0 aromatic heterocycles. The highest BCUT2D eigenvalue weighted by Gasteiger charge is 2.50. The monoisotopic (exact) mass is 549 g/mol. The second-order valence-electron chi connectivity index (χ2n) is 11.2. The molecule has 5 heteroatoms. The lowest BCUT2D eigenvalue weighted by atomic mass is 9.86. The van der Waals surface area contributed by atoms with Crippen LogP contribution in [0.25, 0.3) is 0 Å². The van der Waals surface area contributed by atoms with Crippen LogP contribution in [0.15, 0.2) is 83.3 Å². The zero-order valence-corrected chi connectivity index (χ0v) is 24.0. The van der Waals surface area contributed by atoms with Gasteiger partial charge in [0.15, 0.2) is 0 Å². The van der Waals surface area contributed by atoms with Crippen LogP contribution in [0.4, 0.5) is 5.69 Å². The van der Waals surface area contributed by atoms with Crippen molar-refractivity contribution in [3.8, 4) is 0 Å². The summed E-state index contributed by atoms with van der Waals surface area (Å²) in [4.78, 5) is 14.4. The Morgan fingerprint density at radius 1 is 1.03 bits per heavy atom. The molecule has 0 N–H and O–H groups in total. The zero-order valence-electron chi connectivity index (χ0n) is 21.4. The van der Waals surface area contributed by atoms with E-state index in [2.05, 4.69) is 121 Å². The van der Waals surface area contributed by atoms with Crippen molar-refractivity contribution in [3.05, 3.63) is 88.9 Å². The predicted molar refractivity (Wildman–Crippen MR) is 153 cm³/mol. The molecule has 35 heavy (non-hydrogen) atoms. The van der Waals surface area contributed by atoms with E-state index in [1.807, 2.05) is 13.0 Å². The summed E-state index contributed by atoms with van der Waals surface area (Å²) in [6, 6.07) is 27.8. The van der Waals surface area contributed by atoms with Crippen LogP contribution in [-0.2, 0) is 14.6 Å². The number of halogens is 1. The molecular formula is C30H36BrNO2Si. The molecule has 184 valence electrons. The summed E-state index contributed by atoms with van der Waals surface area (Å²) in [6.45, 7) is 13.4. The van der Waals surface area contributed by atoms with Crippen molar-refractivity contribution in [2.24, 2.45) is 5.92 Å². The highest BCUT2D eigenvalue weighted by atomic mass is 79.9. The lowest BCUT2D eigenvalue weighted by Crippen LogP contribution is -2.67. The third kappa shape index (κ3) is 4.91. The fraction of sp³-hybridized carbons (Fsp3) is 0.367. The number of carbonyl (C=O) groups excluding carboxylic acids is 1. The number of fused-ring (bicyclic) bond motifs is 1. The maximum absolute atomic E-state index is 12.0. The fourth-order valence-electron chi connectivity index (χ4n) is 5.54. The van der Waals surface area contributed by atoms with Crippen molar-refractivity contribution < 1.29 is 9.22 Å². The van der Waals surface area contributed by atoms with Crippen molar-refractivity contribution in [1.82, 2.24) is 0 Å². The molecule has 0 bridgehead atoms. The Morgan fingerprint density at radius 2 is 1.60 bits per heavy atom. The van der Waals surface area contributed by atoms with Gasteiger partial charge in [-0.2, -0.15) is 0 Å². The summed E-state index contributed by atoms with van der Waals surface area (Å²) in [6.07, 6.45) is 1.10. The molecule has 3 aromatic carbocycles. The molecule has 4 rings (SSSR count). The third-order valence-corrected chi connectivity index (χ3v) is 12.7. The molecule has 1 heterocycles. The van der Waals surface area contributed by atoms with E-state index in [1.54, 1.807) is 0 Å². The summed E-state index contributed by atoms with van der Waals surface area (Å²) in [7, 11) is -2.57. The molecule has 0 saturated carbocycles. The molecule has 3 aromatic rings. The number of aldehydes is 1. The number of nitrogens with zero attached hydrogens (tertiary/aromatic N) is 1. The van der Waals surface area contributed by atoms with Crippen LogP contribution in [0.1, 0.15) is 40.2 Å². The minimum atomic E-state index is -2.57. The number of carbonyl (C=O) groups is 1. The van der Waals surface area contributed by atoms with Gasteiger partial charge in [-0.25, -0.2) is 0 Å². The molecule has 1 aliphatic rings. The van der Waals surface area contributed by atoms with Crippen molar-refractivity contribution >= 4 is 46.6 Å². The summed E-state index contributed by atoms with van der Waals surface area (Å²) >= 11 is 3.61. The lowest BCUT2D eigenvalue weighted by Gasteiger charge is -2.43. The predicted octanol–water partition coefficient (Wildman–Crippen LogP) is 5.94. The van der Waals surface area contributed by atoms with E-state index in [1.165, 1.54) is 10.4 Å². The summed E-state index contributed by atoms with van der Waals surface area (Å²) in [5, 5.41) is 2.56. The Kier molecular flexibility index (Phi) is 7.42. The molecule has 2 unspecified atom stereocenters. The van der Waals surface area contributed by atoms with Gasteiger partial charge in [0.05, 0.1) is 5.41 Å². The van der Waals surface area contributed by atoms with Gasteiger partial charge in [-0.15, -0.1) is 0 Å². The average Bonchev–Trinajstić information content (AvgIpc) is 3.11. The van der Waals surface area contributed by atoms with Gasteiger partial charge in [-0.05, 0) is 45.9 Å². The molecule has 0 amide bonds. The Morgan fingerprint density at radius 3 is 2.11 bits per heavy atom. The van der Waals surface area contributed by atoms with Crippen molar-refractivity contribution in [3.63, 3.8) is 0 Å². The fourth-order valence-corrected chi connectivity index (χ4v) is 10.6. The first kappa shape index (κ1) is 25.9. The lowest BCUT2D eigenvalue weighted by molar-refractivity contribution is -0.111. The van der Waals surface area contributed by atoms with Crippen LogP contribution >= 0.6 is 15.9 Å². The number of hydrogen-bond donors (Lipinski definition) is 0. The first-order valence-electron chi connectivity index (χ1n) is 12.4. The number of hydrogen-bond acceptors (Lipinski definition) is 3. The summed E-state index contributed by atoms with van der Waals surface area (Å²) in [5.74, 6) is 0.289. The molecule has 3 nitrogen and oxygen atoms in total. The zero-order chi connectivity index (χ0) is 25.3. The highest BCUT2D eigenvalue weighted by molar-refractivity contribution is 9.10. The highest BCUT2D eigenvalue weighted by Crippen LogP contribution is 2.42. The minimum absolute atomic E-state index is 0.0450. The molecule has 0 fully saturated rings. The Hall–Kier alpha value is -2.21. The van der Waals surface area contributed by atoms with Gasteiger partial charge in [0.2, 0.25) is 0 Å². The topological polar surface area (TPSA) is 29.5 Å². The van der Waals surface area contributed by atoms with Gasteiger partial charge in [0.25, 0.3) is 8.32 Å². The average molecular weight is 551 g/mol. The molecule has 0 radical (unpaired) electrons. The minimum Gasteiger partial charge on any atom is -0.407 e. The first-order chi connectivity index (χ1) is 16.6. The van der Waals surface area contributed by atoms with Crippen molar-refractivity contribution in [2.75, 3.05) is 24.6 Å². The third-order valence-electron chi connectivity index (χ3n) is 7.23. The molecule has 0 spiro atoms. The first-order valence-corrected chi connectivity index (χ1v) is 15.1. The summed E-state index contributed by atoms with van der Waals surface area (Å²) in [5.41, 5.74) is 1.77. The van der Waals surface area contributed by atoms with Gasteiger partial charge >= 0.3 is 0 Å². The van der Waals surface area contributed by atoms with Crippen LogP contribution in [0.3, 0.4) is 0 Å². The van der Waals surface area contributed by atoms with Gasteiger partial charge < -0.3 is 14.1 Å². The number of anilines is 1. The van der Waals surface area contributed by atoms with E-state index in [9.17, 15) is 4.79 Å². The van der Waals surface area contributed by atoms with Crippen molar-refractivity contribution in [2.45, 2.75) is 45.1 Å². The Labute approximate surface area is 219 Å². The van der Waals surface area contributed by atoms with Gasteiger partial charge in [0, 0.05) is 29.9 Å². The maximum atomic E-state index is 12.0. The molecule has 0 aliphatic carbocycles. The maximum Gasteiger partial charge on any atom is 0.261 e. The SMILES string of the molecule is CC(CO[Si](c1ccccc1)(c1ccccc1)C(C)(C)C)CN1CC(C)(C=O)c2ccc(Br)cc21.